The number of nitrogens with two attached hydrogens (primary N) is 1. The van der Waals surface area contributed by atoms with E-state index in [1.165, 1.54) is 16.7 Å². The Hall–Kier alpha value is -2.91. The monoisotopic (exact) mass is 357 g/mol. The molecule has 0 bridgehead atoms. The molecule has 27 heavy (non-hydrogen) atoms. The van der Waals surface area contributed by atoms with Crippen molar-refractivity contribution in [3.8, 4) is 0 Å². The Morgan fingerprint density at radius 1 is 0.778 bits per heavy atom. The fraction of sp³-hybridized carbons (Fsp3) is 0.208. The third-order valence-electron chi connectivity index (χ3n) is 5.57. The van der Waals surface area contributed by atoms with E-state index in [4.69, 9.17) is 0 Å². The molecule has 0 spiro atoms. The third kappa shape index (κ3) is 3.93. The fourth-order valence-corrected chi connectivity index (χ4v) is 4.21. The second-order valence-electron chi connectivity index (χ2n) is 7.24. The van der Waals surface area contributed by atoms with E-state index in [0.29, 0.717) is 0 Å². The van der Waals surface area contributed by atoms with Gasteiger partial charge in [0.2, 0.25) is 0 Å². The van der Waals surface area contributed by atoms with Crippen LogP contribution in [0.2, 0.25) is 0 Å². The molecule has 3 nitrogen and oxygen atoms in total. The van der Waals surface area contributed by atoms with Crippen LogP contribution < -0.4 is 5.32 Å². The van der Waals surface area contributed by atoms with Crippen LogP contribution in [0, 0.1) is 5.92 Å². The van der Waals surface area contributed by atoms with Crippen LogP contribution in [-0.2, 0) is 6.42 Å². The van der Waals surface area contributed by atoms with E-state index in [1.807, 2.05) is 18.2 Å². The van der Waals surface area contributed by atoms with Gasteiger partial charge in [-0.1, -0.05) is 96.2 Å². The Balaban J connectivity index is 1.70. The van der Waals surface area contributed by atoms with E-state index >= 15 is 0 Å². The third-order valence-corrected chi connectivity index (χ3v) is 5.57. The molecule has 4 rings (SSSR count). The molecule has 3 aromatic rings. The smallest absolute Gasteiger partial charge is 0.121 e. The quantitative estimate of drug-likeness (QED) is 0.535. The average molecular weight is 357 g/mol. The normalized spacial score (nSPS) is 24.0. The molecule has 3 atom stereocenters. The molecular formula is C24H25N2O+. The summed E-state index contributed by atoms with van der Waals surface area (Å²) in [6.45, 7) is 0. The summed E-state index contributed by atoms with van der Waals surface area (Å²) < 4.78 is 0. The minimum absolute atomic E-state index is 0.166. The summed E-state index contributed by atoms with van der Waals surface area (Å²) in [5.74, 6) is 0.166. The molecule has 3 aromatic carbocycles. The van der Waals surface area contributed by atoms with Gasteiger partial charge in [0.25, 0.3) is 0 Å². The summed E-state index contributed by atoms with van der Waals surface area (Å²) in [5.41, 5.74) is 4.72. The molecule has 0 radical (unpaired) electrons. The molecule has 1 fully saturated rings. The molecule has 3 heteroatoms. The lowest BCUT2D eigenvalue weighted by molar-refractivity contribution is -0.742. The van der Waals surface area contributed by atoms with Gasteiger partial charge in [-0.2, -0.15) is 0 Å². The van der Waals surface area contributed by atoms with Crippen molar-refractivity contribution in [2.24, 2.45) is 11.1 Å². The second kappa shape index (κ2) is 8.19. The highest BCUT2D eigenvalue weighted by Gasteiger charge is 2.40. The number of hydrogen-bond acceptors (Lipinski definition) is 2. The SMILES string of the molecule is ON=C1C[C@@H](c2ccccc2)[NH2+][C@@H](c2ccccc2)[C@@H]1Cc1ccccc1. The van der Waals surface area contributed by atoms with E-state index in [0.717, 1.165) is 18.6 Å². The van der Waals surface area contributed by atoms with Crippen LogP contribution in [0.5, 0.6) is 0 Å². The number of oxime groups is 1. The zero-order valence-corrected chi connectivity index (χ0v) is 15.3. The van der Waals surface area contributed by atoms with E-state index in [1.54, 1.807) is 0 Å². The van der Waals surface area contributed by atoms with Gasteiger partial charge in [-0.25, -0.2) is 0 Å². The van der Waals surface area contributed by atoms with Gasteiger partial charge < -0.3 is 10.5 Å². The Kier molecular flexibility index (Phi) is 5.31. The van der Waals surface area contributed by atoms with Gasteiger partial charge in [0.15, 0.2) is 0 Å². The summed E-state index contributed by atoms with van der Waals surface area (Å²) in [7, 11) is 0. The molecule has 1 saturated heterocycles. The standard InChI is InChI=1S/C24H24N2O/c27-26-23-17-22(19-12-6-2-7-13-19)25-24(20-14-8-3-9-15-20)21(23)16-18-10-4-1-5-11-18/h1-15,21-22,24-25,27H,16-17H2/p+1/t21-,22+,24+/m1/s1. The molecular weight excluding hydrogens is 332 g/mol. The number of quaternary nitrogens is 1. The molecule has 1 aliphatic rings. The maximum atomic E-state index is 9.84. The number of benzene rings is 3. The predicted octanol–water partition coefficient (Wildman–Crippen LogP) is 4.13. The molecule has 0 unspecified atom stereocenters. The van der Waals surface area contributed by atoms with Gasteiger partial charge in [-0.05, 0) is 12.0 Å². The molecule has 1 aliphatic heterocycles. The Morgan fingerprint density at radius 3 is 1.93 bits per heavy atom. The molecule has 0 saturated carbocycles. The Morgan fingerprint density at radius 2 is 1.33 bits per heavy atom. The van der Waals surface area contributed by atoms with Crippen LogP contribution in [-0.4, -0.2) is 10.9 Å². The van der Waals surface area contributed by atoms with Gasteiger partial charge in [0, 0.05) is 17.5 Å². The highest BCUT2D eigenvalue weighted by atomic mass is 16.4. The van der Waals surface area contributed by atoms with E-state index in [-0.39, 0.29) is 18.0 Å². The number of piperidine rings is 1. The van der Waals surface area contributed by atoms with Gasteiger partial charge >= 0.3 is 0 Å². The van der Waals surface area contributed by atoms with E-state index < -0.39 is 0 Å². The first kappa shape index (κ1) is 17.5. The Bertz CT molecular complexity index is 878. The lowest BCUT2D eigenvalue weighted by Gasteiger charge is -2.35. The average Bonchev–Trinajstić information content (AvgIpc) is 2.76. The van der Waals surface area contributed by atoms with Crippen molar-refractivity contribution >= 4 is 5.71 Å². The van der Waals surface area contributed by atoms with Crippen molar-refractivity contribution in [1.29, 1.82) is 0 Å². The van der Waals surface area contributed by atoms with Crippen LogP contribution in [0.4, 0.5) is 0 Å². The lowest BCUT2D eigenvalue weighted by atomic mass is 9.77. The molecule has 0 aromatic heterocycles. The highest BCUT2D eigenvalue weighted by Crippen LogP contribution is 2.32. The number of hydrogen-bond donors (Lipinski definition) is 2. The first-order chi connectivity index (χ1) is 13.3. The van der Waals surface area contributed by atoms with Crippen LogP contribution in [0.25, 0.3) is 0 Å². The molecule has 136 valence electrons. The lowest BCUT2D eigenvalue weighted by Crippen LogP contribution is -2.90. The van der Waals surface area contributed by atoms with Crippen LogP contribution in [0.3, 0.4) is 0 Å². The maximum absolute atomic E-state index is 9.84. The first-order valence-electron chi connectivity index (χ1n) is 9.55. The molecule has 0 aliphatic carbocycles. The number of nitrogens with zero attached hydrogens (tertiary/aromatic N) is 1. The van der Waals surface area contributed by atoms with Crippen molar-refractivity contribution in [3.05, 3.63) is 108 Å². The zero-order chi connectivity index (χ0) is 18.5. The van der Waals surface area contributed by atoms with Gasteiger partial charge in [-0.3, -0.25) is 0 Å². The second-order valence-corrected chi connectivity index (χ2v) is 7.24. The minimum atomic E-state index is 0.166. The summed E-state index contributed by atoms with van der Waals surface area (Å²) >= 11 is 0. The summed E-state index contributed by atoms with van der Waals surface area (Å²) in [4.78, 5) is 0. The predicted molar refractivity (Wildman–Crippen MR) is 108 cm³/mol. The van der Waals surface area contributed by atoms with Gasteiger partial charge in [0.05, 0.1) is 11.6 Å². The van der Waals surface area contributed by atoms with Crippen molar-refractivity contribution in [2.75, 3.05) is 0 Å². The van der Waals surface area contributed by atoms with Gasteiger partial charge in [-0.15, -0.1) is 0 Å². The van der Waals surface area contributed by atoms with Crippen LogP contribution in [0.15, 0.2) is 96.2 Å². The molecule has 0 amide bonds. The van der Waals surface area contributed by atoms with E-state index in [9.17, 15) is 5.21 Å². The van der Waals surface area contributed by atoms with Gasteiger partial charge in [0.1, 0.15) is 12.1 Å². The van der Waals surface area contributed by atoms with E-state index in [2.05, 4.69) is 83.3 Å². The van der Waals surface area contributed by atoms with Crippen molar-refractivity contribution < 1.29 is 10.5 Å². The first-order valence-corrected chi connectivity index (χ1v) is 9.55. The number of rotatable bonds is 4. The maximum Gasteiger partial charge on any atom is 0.121 e. The Labute approximate surface area is 160 Å². The summed E-state index contributed by atoms with van der Waals surface area (Å²) in [6.07, 6.45) is 1.64. The summed E-state index contributed by atoms with van der Waals surface area (Å²) in [6, 6.07) is 32.1. The summed E-state index contributed by atoms with van der Waals surface area (Å²) in [5, 5.41) is 16.1. The van der Waals surface area contributed by atoms with Crippen molar-refractivity contribution in [2.45, 2.75) is 24.9 Å². The van der Waals surface area contributed by atoms with Crippen molar-refractivity contribution in [3.63, 3.8) is 0 Å². The molecule has 3 N–H and O–H groups in total. The highest BCUT2D eigenvalue weighted by molar-refractivity contribution is 5.88. The minimum Gasteiger partial charge on any atom is -0.411 e. The van der Waals surface area contributed by atoms with Crippen LogP contribution in [0.1, 0.15) is 35.2 Å². The zero-order valence-electron chi connectivity index (χ0n) is 15.3. The largest absolute Gasteiger partial charge is 0.411 e. The van der Waals surface area contributed by atoms with Crippen LogP contribution >= 0.6 is 0 Å². The molecule has 1 heterocycles. The fourth-order valence-electron chi connectivity index (χ4n) is 4.21. The topological polar surface area (TPSA) is 49.2 Å². The van der Waals surface area contributed by atoms with Crippen molar-refractivity contribution in [1.82, 2.24) is 0 Å².